The molecule has 1 aromatic carbocycles. The summed E-state index contributed by atoms with van der Waals surface area (Å²) in [5, 5.41) is 6.86. The summed E-state index contributed by atoms with van der Waals surface area (Å²) in [7, 11) is 1.52. The summed E-state index contributed by atoms with van der Waals surface area (Å²) in [6.45, 7) is 4.20. The van der Waals surface area contributed by atoms with Gasteiger partial charge in [-0.15, -0.1) is 24.8 Å². The lowest BCUT2D eigenvalue weighted by molar-refractivity contribution is 0.0947. The number of nitrogens with zero attached hydrogens (tertiary/aromatic N) is 1. The SMILES string of the molecule is COc1cc(Cl)ccc1C(=O)NCc1c(C)ncc2c1CCNC2.Cl.Cl. The van der Waals surface area contributed by atoms with Gasteiger partial charge in [0.2, 0.25) is 0 Å². The molecule has 0 atom stereocenters. The van der Waals surface area contributed by atoms with Crippen LogP contribution in [0, 0.1) is 6.92 Å². The van der Waals surface area contributed by atoms with Crippen molar-refractivity contribution < 1.29 is 9.53 Å². The van der Waals surface area contributed by atoms with Crippen LogP contribution in [0.15, 0.2) is 24.4 Å². The maximum atomic E-state index is 12.5. The van der Waals surface area contributed by atoms with E-state index < -0.39 is 0 Å². The van der Waals surface area contributed by atoms with E-state index in [-0.39, 0.29) is 30.7 Å². The average Bonchev–Trinajstić information content (AvgIpc) is 2.60. The summed E-state index contributed by atoms with van der Waals surface area (Å²) < 4.78 is 5.25. The van der Waals surface area contributed by atoms with E-state index >= 15 is 0 Å². The lowest BCUT2D eigenvalue weighted by atomic mass is 9.96. The number of ether oxygens (including phenoxy) is 1. The average molecular weight is 419 g/mol. The molecule has 2 N–H and O–H groups in total. The maximum absolute atomic E-state index is 12.5. The Balaban J connectivity index is 0.00000169. The molecule has 0 saturated carbocycles. The minimum Gasteiger partial charge on any atom is -0.496 e. The highest BCUT2D eigenvalue weighted by molar-refractivity contribution is 6.30. The van der Waals surface area contributed by atoms with Gasteiger partial charge in [0, 0.05) is 30.0 Å². The second-order valence-corrected chi connectivity index (χ2v) is 6.22. The molecular formula is C18H22Cl3N3O2. The number of carbonyl (C=O) groups is 1. The van der Waals surface area contributed by atoms with Gasteiger partial charge in [-0.3, -0.25) is 9.78 Å². The molecule has 0 fully saturated rings. The quantitative estimate of drug-likeness (QED) is 0.798. The van der Waals surface area contributed by atoms with E-state index in [9.17, 15) is 4.79 Å². The number of nitrogens with one attached hydrogen (secondary N) is 2. The van der Waals surface area contributed by atoms with Gasteiger partial charge in [-0.25, -0.2) is 0 Å². The van der Waals surface area contributed by atoms with E-state index in [4.69, 9.17) is 16.3 Å². The number of carbonyl (C=O) groups excluding carboxylic acids is 1. The van der Waals surface area contributed by atoms with Crippen molar-refractivity contribution in [1.82, 2.24) is 15.6 Å². The van der Waals surface area contributed by atoms with Crippen LogP contribution in [0.3, 0.4) is 0 Å². The van der Waals surface area contributed by atoms with Gasteiger partial charge >= 0.3 is 0 Å². The third-order valence-electron chi connectivity index (χ3n) is 4.30. The summed E-state index contributed by atoms with van der Waals surface area (Å²) in [4.78, 5) is 17.0. The number of hydrogen-bond donors (Lipinski definition) is 2. The Hall–Kier alpha value is -1.53. The Kier molecular flexibility index (Phi) is 8.63. The Labute approximate surface area is 170 Å². The van der Waals surface area contributed by atoms with Crippen LogP contribution >= 0.6 is 36.4 Å². The number of hydrogen-bond acceptors (Lipinski definition) is 4. The highest BCUT2D eigenvalue weighted by Gasteiger charge is 2.18. The van der Waals surface area contributed by atoms with Crippen molar-refractivity contribution in [2.24, 2.45) is 0 Å². The molecule has 0 bridgehead atoms. The second-order valence-electron chi connectivity index (χ2n) is 5.78. The van der Waals surface area contributed by atoms with Gasteiger partial charge in [0.15, 0.2) is 0 Å². The highest BCUT2D eigenvalue weighted by Crippen LogP contribution is 2.24. The first-order valence-electron chi connectivity index (χ1n) is 7.89. The molecule has 142 valence electrons. The minimum absolute atomic E-state index is 0. The van der Waals surface area contributed by atoms with Gasteiger partial charge in [0.25, 0.3) is 5.91 Å². The van der Waals surface area contributed by atoms with Crippen LogP contribution in [0.2, 0.25) is 5.02 Å². The molecule has 1 aromatic heterocycles. The summed E-state index contributed by atoms with van der Waals surface area (Å²) in [6, 6.07) is 4.99. The van der Waals surface area contributed by atoms with E-state index in [0.29, 0.717) is 22.9 Å². The topological polar surface area (TPSA) is 63.2 Å². The van der Waals surface area contributed by atoms with Crippen LogP contribution in [-0.4, -0.2) is 24.5 Å². The summed E-state index contributed by atoms with van der Waals surface area (Å²) in [5.74, 6) is 0.281. The molecule has 2 heterocycles. The van der Waals surface area contributed by atoms with E-state index in [1.54, 1.807) is 18.2 Å². The van der Waals surface area contributed by atoms with Crippen LogP contribution in [0.1, 0.15) is 32.7 Å². The van der Waals surface area contributed by atoms with Crippen molar-refractivity contribution in [2.75, 3.05) is 13.7 Å². The van der Waals surface area contributed by atoms with Gasteiger partial charge < -0.3 is 15.4 Å². The molecule has 0 unspecified atom stereocenters. The maximum Gasteiger partial charge on any atom is 0.255 e. The first-order chi connectivity index (χ1) is 11.6. The van der Waals surface area contributed by atoms with Crippen molar-refractivity contribution in [3.05, 3.63) is 57.4 Å². The normalized spacial score (nSPS) is 12.3. The molecule has 3 rings (SSSR count). The Morgan fingerprint density at radius 2 is 2.15 bits per heavy atom. The smallest absolute Gasteiger partial charge is 0.255 e. The zero-order chi connectivity index (χ0) is 17.1. The fourth-order valence-electron chi connectivity index (χ4n) is 2.99. The third-order valence-corrected chi connectivity index (χ3v) is 4.54. The van der Waals surface area contributed by atoms with Crippen molar-refractivity contribution >= 4 is 42.3 Å². The molecule has 0 spiro atoms. The summed E-state index contributed by atoms with van der Waals surface area (Å²) in [5.41, 5.74) is 5.04. The standard InChI is InChI=1S/C18H20ClN3O2.2ClH/c1-11-16(14-5-6-20-8-12(14)9-21-11)10-22-18(23)15-4-3-13(19)7-17(15)24-2;;/h3-4,7,9,20H,5-6,8,10H2,1-2H3,(H,22,23);2*1H. The molecule has 1 aliphatic rings. The largest absolute Gasteiger partial charge is 0.496 e. The Bertz CT molecular complexity index is 785. The second kappa shape index (κ2) is 9.97. The summed E-state index contributed by atoms with van der Waals surface area (Å²) >= 11 is 5.95. The van der Waals surface area contributed by atoms with Gasteiger partial charge in [-0.05, 0) is 54.8 Å². The fourth-order valence-corrected chi connectivity index (χ4v) is 3.16. The number of aromatic nitrogens is 1. The molecular weight excluding hydrogens is 397 g/mol. The number of amides is 1. The molecule has 0 aliphatic carbocycles. The first-order valence-corrected chi connectivity index (χ1v) is 8.26. The summed E-state index contributed by atoms with van der Waals surface area (Å²) in [6.07, 6.45) is 2.87. The van der Waals surface area contributed by atoms with Crippen molar-refractivity contribution in [2.45, 2.75) is 26.4 Å². The van der Waals surface area contributed by atoms with E-state index in [0.717, 1.165) is 30.8 Å². The number of rotatable bonds is 4. The minimum atomic E-state index is -0.186. The predicted molar refractivity (Wildman–Crippen MR) is 108 cm³/mol. The number of methoxy groups -OCH3 is 1. The highest BCUT2D eigenvalue weighted by atomic mass is 35.5. The van der Waals surface area contributed by atoms with Crippen molar-refractivity contribution in [3.63, 3.8) is 0 Å². The molecule has 5 nitrogen and oxygen atoms in total. The number of fused-ring (bicyclic) bond motifs is 1. The fraction of sp³-hybridized carbons (Fsp3) is 0.333. The predicted octanol–water partition coefficient (Wildman–Crippen LogP) is 3.47. The molecule has 1 amide bonds. The molecule has 8 heteroatoms. The molecule has 26 heavy (non-hydrogen) atoms. The van der Waals surface area contributed by atoms with Gasteiger partial charge in [0.1, 0.15) is 5.75 Å². The Morgan fingerprint density at radius 1 is 1.38 bits per heavy atom. The molecule has 0 saturated heterocycles. The van der Waals surface area contributed by atoms with Crippen LogP contribution in [-0.2, 0) is 19.5 Å². The third kappa shape index (κ3) is 4.80. The van der Waals surface area contributed by atoms with Crippen LogP contribution in [0.25, 0.3) is 0 Å². The zero-order valence-corrected chi connectivity index (χ0v) is 17.0. The number of aryl methyl sites for hydroxylation is 1. The van der Waals surface area contributed by atoms with E-state index in [1.807, 2.05) is 13.1 Å². The van der Waals surface area contributed by atoms with Crippen molar-refractivity contribution in [1.29, 1.82) is 0 Å². The molecule has 0 radical (unpaired) electrons. The van der Waals surface area contributed by atoms with Crippen LogP contribution in [0.5, 0.6) is 5.75 Å². The van der Waals surface area contributed by atoms with Crippen molar-refractivity contribution in [3.8, 4) is 5.75 Å². The number of pyridine rings is 1. The molecule has 2 aromatic rings. The Morgan fingerprint density at radius 3 is 2.88 bits per heavy atom. The first kappa shape index (κ1) is 22.5. The van der Waals surface area contributed by atoms with Gasteiger partial charge in [-0.2, -0.15) is 0 Å². The van der Waals surface area contributed by atoms with Crippen LogP contribution < -0.4 is 15.4 Å². The zero-order valence-electron chi connectivity index (χ0n) is 14.6. The monoisotopic (exact) mass is 417 g/mol. The van der Waals surface area contributed by atoms with Gasteiger partial charge in [-0.1, -0.05) is 11.6 Å². The number of halogens is 3. The molecule has 1 aliphatic heterocycles. The van der Waals surface area contributed by atoms with E-state index in [1.165, 1.54) is 18.2 Å². The number of benzene rings is 1. The lowest BCUT2D eigenvalue weighted by Crippen LogP contribution is -2.29. The van der Waals surface area contributed by atoms with E-state index in [2.05, 4.69) is 15.6 Å². The van der Waals surface area contributed by atoms with Crippen LogP contribution in [0.4, 0.5) is 0 Å². The van der Waals surface area contributed by atoms with Gasteiger partial charge in [0.05, 0.1) is 12.7 Å². The lowest BCUT2D eigenvalue weighted by Gasteiger charge is -2.21.